The Morgan fingerprint density at radius 1 is 0.468 bits per heavy atom. The van der Waals surface area contributed by atoms with Crippen LogP contribution in [-0.4, -0.2) is 9.97 Å². The summed E-state index contributed by atoms with van der Waals surface area (Å²) >= 11 is 0. The van der Waals surface area contributed by atoms with Crippen LogP contribution in [-0.2, 0) is 0 Å². The molecule has 0 saturated carbocycles. The summed E-state index contributed by atoms with van der Waals surface area (Å²) in [6.07, 6.45) is 3.48. The van der Waals surface area contributed by atoms with Crippen LogP contribution in [0.5, 0.6) is 0 Å². The molecule has 7 aromatic carbocycles. The molecule has 0 aliphatic heterocycles. The summed E-state index contributed by atoms with van der Waals surface area (Å²) in [7, 11) is 0. The van der Waals surface area contributed by atoms with Gasteiger partial charge in [-0.1, -0.05) is 115 Å². The van der Waals surface area contributed by atoms with Gasteiger partial charge in [0.1, 0.15) is 11.3 Å². The SMILES string of the molecule is [2H]c1c([2H])c([2H])c2cc(-c3c4ccccc4c(-c4oc5ccccc5c4-c4cc5cccnc5c5ncccc45)c4c([2H])c([2H])c([2H])c([2H])c34)ccc2c1[2H]. The van der Waals surface area contributed by atoms with Crippen LogP contribution >= 0.6 is 0 Å². The van der Waals surface area contributed by atoms with Gasteiger partial charge in [-0.3, -0.25) is 9.97 Å². The van der Waals surface area contributed by atoms with E-state index in [1.54, 1.807) is 30.6 Å². The van der Waals surface area contributed by atoms with E-state index in [0.717, 1.165) is 32.8 Å². The molecule has 0 N–H and O–H groups in total. The number of hydrogen-bond donors (Lipinski definition) is 0. The number of furan rings is 1. The van der Waals surface area contributed by atoms with E-state index < -0.39 is 12.1 Å². The Morgan fingerprint density at radius 3 is 1.98 bits per heavy atom. The zero-order chi connectivity index (χ0) is 37.9. The molecule has 0 spiro atoms. The third-order valence-electron chi connectivity index (χ3n) is 8.97. The Labute approximate surface area is 281 Å². The zero-order valence-electron chi connectivity index (χ0n) is 32.7. The van der Waals surface area contributed by atoms with Crippen molar-refractivity contribution in [3.05, 3.63) is 158 Å². The Hall–Kier alpha value is -6.32. The third kappa shape index (κ3) is 3.87. The van der Waals surface area contributed by atoms with Gasteiger partial charge in [-0.15, -0.1) is 0 Å². The maximum absolute atomic E-state index is 9.49. The Bertz CT molecular complexity index is 3320. The van der Waals surface area contributed by atoms with Gasteiger partial charge < -0.3 is 4.42 Å². The van der Waals surface area contributed by atoms with Crippen LogP contribution in [0.1, 0.15) is 11.0 Å². The Balaban J connectivity index is 1.41. The monoisotopic (exact) mass is 606 g/mol. The molecule has 3 heterocycles. The topological polar surface area (TPSA) is 38.9 Å². The highest BCUT2D eigenvalue weighted by atomic mass is 16.3. The second-order valence-corrected chi connectivity index (χ2v) is 11.5. The van der Waals surface area contributed by atoms with Crippen LogP contribution in [0.3, 0.4) is 0 Å². The highest BCUT2D eigenvalue weighted by Crippen LogP contribution is 2.50. The van der Waals surface area contributed by atoms with Gasteiger partial charge in [0, 0.05) is 39.7 Å². The van der Waals surface area contributed by atoms with Crippen LogP contribution in [0.25, 0.3) is 98.7 Å². The maximum atomic E-state index is 9.49. The first kappa shape index (κ1) is 19.3. The largest absolute Gasteiger partial charge is 0.455 e. The van der Waals surface area contributed by atoms with Crippen molar-refractivity contribution < 1.29 is 15.4 Å². The molecule has 10 rings (SSSR count). The highest BCUT2D eigenvalue weighted by molar-refractivity contribution is 6.24. The molecule has 0 saturated heterocycles. The molecule has 3 aromatic heterocycles. The third-order valence-corrected chi connectivity index (χ3v) is 8.97. The minimum Gasteiger partial charge on any atom is -0.455 e. The van der Waals surface area contributed by atoms with Crippen LogP contribution in [0.4, 0.5) is 0 Å². The first-order chi connectivity index (χ1) is 26.7. The average Bonchev–Trinajstić information content (AvgIpc) is 3.60. The fourth-order valence-corrected chi connectivity index (χ4v) is 6.99. The number of hydrogen-bond acceptors (Lipinski definition) is 3. The molecule has 10 aromatic rings. The molecule has 3 nitrogen and oxygen atoms in total. The summed E-state index contributed by atoms with van der Waals surface area (Å²) in [5.74, 6) is 0.431. The van der Waals surface area contributed by atoms with Gasteiger partial charge in [0.25, 0.3) is 0 Å². The molecular weight excluding hydrogens is 572 g/mol. The summed E-state index contributed by atoms with van der Waals surface area (Å²) in [6, 6.07) is 27.9. The number of nitrogens with zero attached hydrogens (tertiary/aromatic N) is 2. The number of pyridine rings is 2. The predicted octanol–water partition coefficient (Wildman–Crippen LogP) is 12.0. The molecule has 218 valence electrons. The molecule has 0 fully saturated rings. The summed E-state index contributed by atoms with van der Waals surface area (Å²) in [6.45, 7) is 0. The number of aromatic nitrogens is 2. The van der Waals surface area contributed by atoms with E-state index in [4.69, 9.17) is 17.6 Å². The predicted molar refractivity (Wildman–Crippen MR) is 196 cm³/mol. The zero-order valence-corrected chi connectivity index (χ0v) is 24.7. The van der Waals surface area contributed by atoms with Gasteiger partial charge in [-0.05, 0) is 79.3 Å². The van der Waals surface area contributed by atoms with Crippen molar-refractivity contribution in [2.24, 2.45) is 0 Å². The van der Waals surface area contributed by atoms with Gasteiger partial charge in [0.15, 0.2) is 0 Å². The van der Waals surface area contributed by atoms with Crippen LogP contribution in [0.15, 0.2) is 162 Å². The first-order valence-electron chi connectivity index (χ1n) is 19.3. The van der Waals surface area contributed by atoms with Crippen LogP contribution in [0.2, 0.25) is 0 Å². The van der Waals surface area contributed by atoms with Gasteiger partial charge >= 0.3 is 0 Å². The van der Waals surface area contributed by atoms with Crippen molar-refractivity contribution in [3.8, 4) is 33.6 Å². The summed E-state index contributed by atoms with van der Waals surface area (Å²) < 4.78 is 77.4. The highest BCUT2D eigenvalue weighted by Gasteiger charge is 2.25. The van der Waals surface area contributed by atoms with E-state index in [1.165, 1.54) is 0 Å². The lowest BCUT2D eigenvalue weighted by Gasteiger charge is -2.18. The van der Waals surface area contributed by atoms with E-state index in [2.05, 4.69) is 11.1 Å². The van der Waals surface area contributed by atoms with E-state index in [-0.39, 0.29) is 47.0 Å². The van der Waals surface area contributed by atoms with Crippen molar-refractivity contribution in [2.75, 3.05) is 0 Å². The summed E-state index contributed by atoms with van der Waals surface area (Å²) in [4.78, 5) is 9.42. The molecular formula is C44H26N2O. The number of rotatable bonds is 3. The van der Waals surface area contributed by atoms with Gasteiger partial charge in [-0.2, -0.15) is 0 Å². The molecule has 0 aliphatic carbocycles. The fourth-order valence-electron chi connectivity index (χ4n) is 6.99. The second-order valence-electron chi connectivity index (χ2n) is 11.5. The number of benzene rings is 7. The van der Waals surface area contributed by atoms with Crippen molar-refractivity contribution >= 4 is 65.1 Å². The smallest absolute Gasteiger partial charge is 0.144 e. The Kier molecular flexibility index (Phi) is 4.14. The molecule has 3 heteroatoms. The summed E-state index contributed by atoms with van der Waals surface area (Å²) in [5.41, 5.74) is 5.19. The second kappa shape index (κ2) is 10.1. The van der Waals surface area contributed by atoms with Crippen molar-refractivity contribution in [2.45, 2.75) is 0 Å². The molecule has 0 amide bonds. The van der Waals surface area contributed by atoms with Gasteiger partial charge in [0.05, 0.1) is 22.0 Å². The lowest BCUT2D eigenvalue weighted by Crippen LogP contribution is -1.93. The Morgan fingerprint density at radius 2 is 1.13 bits per heavy atom. The molecule has 0 aliphatic rings. The first-order valence-corrected chi connectivity index (χ1v) is 15.3. The standard InChI is InChI=1S/C44H26N2O/c1-2-12-28-25-29(22-21-27(28)11-1)39-31-14-3-5-16-33(31)40(34-17-6-4-15-32(34)39)44-41(36-18-7-8-20-38(36)47-44)37-26-30-13-9-23-45-42(30)43-35(37)19-10-24-46-43/h1-26H/i1D,2D,3D,5D,11D,12D,14D,16D. The molecule has 0 atom stereocenters. The van der Waals surface area contributed by atoms with Gasteiger partial charge in [0.2, 0.25) is 0 Å². The van der Waals surface area contributed by atoms with Crippen molar-refractivity contribution in [1.82, 2.24) is 9.97 Å². The maximum Gasteiger partial charge on any atom is 0.144 e. The van der Waals surface area contributed by atoms with Crippen LogP contribution in [0, 0.1) is 0 Å². The van der Waals surface area contributed by atoms with Gasteiger partial charge in [-0.25, -0.2) is 0 Å². The fraction of sp³-hybridized carbons (Fsp3) is 0. The average molecular weight is 607 g/mol. The van der Waals surface area contributed by atoms with E-state index in [9.17, 15) is 2.74 Å². The lowest BCUT2D eigenvalue weighted by atomic mass is 9.85. The molecule has 0 unspecified atom stereocenters. The van der Waals surface area contributed by atoms with E-state index in [0.29, 0.717) is 55.1 Å². The minimum absolute atomic E-state index is 0.154. The van der Waals surface area contributed by atoms with Crippen LogP contribution < -0.4 is 0 Å². The minimum atomic E-state index is -0.397. The number of fused-ring (bicyclic) bond motifs is 7. The van der Waals surface area contributed by atoms with Crippen molar-refractivity contribution in [1.29, 1.82) is 0 Å². The lowest BCUT2D eigenvalue weighted by molar-refractivity contribution is 0.634. The number of para-hydroxylation sites is 1. The molecule has 0 radical (unpaired) electrons. The van der Waals surface area contributed by atoms with E-state index in [1.807, 2.05) is 72.8 Å². The quantitative estimate of drug-likeness (QED) is 0.148. The van der Waals surface area contributed by atoms with E-state index >= 15 is 0 Å². The van der Waals surface area contributed by atoms with Crippen molar-refractivity contribution in [3.63, 3.8) is 0 Å². The normalized spacial score (nSPS) is 14.2. The molecule has 47 heavy (non-hydrogen) atoms. The molecule has 0 bridgehead atoms. The summed E-state index contributed by atoms with van der Waals surface area (Å²) in [5, 5.41) is 5.07.